The summed E-state index contributed by atoms with van der Waals surface area (Å²) in [5, 5.41) is 16.3. The molecule has 2 N–H and O–H groups in total. The van der Waals surface area contributed by atoms with Crippen molar-refractivity contribution in [2.24, 2.45) is 0 Å². The first kappa shape index (κ1) is 18.7. The minimum atomic E-state index is -1.39. The van der Waals surface area contributed by atoms with Gasteiger partial charge in [-0.3, -0.25) is 9.59 Å². The molecule has 0 aliphatic carbocycles. The van der Waals surface area contributed by atoms with E-state index in [1.807, 2.05) is 0 Å². The zero-order valence-corrected chi connectivity index (χ0v) is 14.5. The lowest BCUT2D eigenvalue weighted by atomic mass is 10.1. The highest BCUT2D eigenvalue weighted by Crippen LogP contribution is 2.17. The summed E-state index contributed by atoms with van der Waals surface area (Å²) >= 11 is 0. The Balaban J connectivity index is 1.70. The van der Waals surface area contributed by atoms with Gasteiger partial charge in [-0.2, -0.15) is 0 Å². The zero-order chi connectivity index (χ0) is 19.9. The molecular formula is C21H15N2O5-. The molecule has 2 amide bonds. The second-order valence-corrected chi connectivity index (χ2v) is 5.71. The van der Waals surface area contributed by atoms with Crippen LogP contribution in [0.15, 0.2) is 77.4 Å². The molecule has 0 bridgehead atoms. The maximum absolute atomic E-state index is 12.4. The molecule has 3 rings (SSSR count). The number of hydrogen-bond donors (Lipinski definition) is 2. The summed E-state index contributed by atoms with van der Waals surface area (Å²) in [5.74, 6) is -1.76. The highest BCUT2D eigenvalue weighted by atomic mass is 16.4. The molecule has 0 atom stereocenters. The van der Waals surface area contributed by atoms with E-state index >= 15 is 0 Å². The number of carbonyl (C=O) groups excluding carboxylic acids is 3. The Kier molecular flexibility index (Phi) is 5.66. The van der Waals surface area contributed by atoms with Gasteiger partial charge in [-0.25, -0.2) is 0 Å². The summed E-state index contributed by atoms with van der Waals surface area (Å²) < 4.78 is 5.10. The summed E-state index contributed by atoms with van der Waals surface area (Å²) in [6.07, 6.45) is 4.32. The van der Waals surface area contributed by atoms with Crippen LogP contribution in [0.3, 0.4) is 0 Å². The molecule has 140 valence electrons. The second-order valence-electron chi connectivity index (χ2n) is 5.71. The first-order chi connectivity index (χ1) is 13.5. The fourth-order valence-electron chi connectivity index (χ4n) is 2.43. The maximum atomic E-state index is 12.4. The topological polar surface area (TPSA) is 111 Å². The van der Waals surface area contributed by atoms with Crippen LogP contribution in [-0.4, -0.2) is 17.8 Å². The summed E-state index contributed by atoms with van der Waals surface area (Å²) in [6.45, 7) is 0. The minimum Gasteiger partial charge on any atom is -0.545 e. The van der Waals surface area contributed by atoms with Gasteiger partial charge in [0.1, 0.15) is 5.76 Å². The van der Waals surface area contributed by atoms with E-state index in [1.54, 1.807) is 36.4 Å². The first-order valence-corrected chi connectivity index (χ1v) is 8.27. The van der Waals surface area contributed by atoms with E-state index in [-0.39, 0.29) is 16.8 Å². The molecule has 2 aromatic carbocycles. The number of aromatic carboxylic acids is 1. The van der Waals surface area contributed by atoms with Gasteiger partial charge in [-0.05, 0) is 42.5 Å². The van der Waals surface area contributed by atoms with Crippen molar-refractivity contribution in [2.45, 2.75) is 0 Å². The molecule has 1 heterocycles. The van der Waals surface area contributed by atoms with E-state index in [0.29, 0.717) is 11.4 Å². The normalized spacial score (nSPS) is 10.6. The summed E-state index contributed by atoms with van der Waals surface area (Å²) in [6, 6.07) is 15.6. The van der Waals surface area contributed by atoms with Gasteiger partial charge in [0.25, 0.3) is 5.91 Å². The Morgan fingerprint density at radius 3 is 2.50 bits per heavy atom. The van der Waals surface area contributed by atoms with Crippen molar-refractivity contribution in [3.63, 3.8) is 0 Å². The van der Waals surface area contributed by atoms with Gasteiger partial charge in [0.05, 0.1) is 17.9 Å². The molecule has 7 heteroatoms. The van der Waals surface area contributed by atoms with Gasteiger partial charge in [0.2, 0.25) is 5.91 Å². The van der Waals surface area contributed by atoms with Gasteiger partial charge < -0.3 is 25.0 Å². The lowest BCUT2D eigenvalue weighted by molar-refractivity contribution is -0.254. The molecule has 0 saturated carbocycles. The number of amides is 2. The van der Waals surface area contributed by atoms with Gasteiger partial charge in [-0.15, -0.1) is 0 Å². The molecule has 0 fully saturated rings. The van der Waals surface area contributed by atoms with Crippen LogP contribution in [0.1, 0.15) is 26.5 Å². The van der Waals surface area contributed by atoms with Crippen molar-refractivity contribution in [3.8, 4) is 0 Å². The number of furan rings is 1. The fraction of sp³-hybridized carbons (Fsp3) is 0. The predicted octanol–water partition coefficient (Wildman–Crippen LogP) is 2.55. The van der Waals surface area contributed by atoms with Crippen molar-refractivity contribution in [1.82, 2.24) is 0 Å². The third-order valence-electron chi connectivity index (χ3n) is 3.73. The lowest BCUT2D eigenvalue weighted by Gasteiger charge is -2.12. The predicted molar refractivity (Wildman–Crippen MR) is 102 cm³/mol. The molecule has 0 saturated heterocycles. The fourth-order valence-corrected chi connectivity index (χ4v) is 2.43. The quantitative estimate of drug-likeness (QED) is 0.643. The van der Waals surface area contributed by atoms with Crippen molar-refractivity contribution < 1.29 is 23.9 Å². The number of rotatable bonds is 6. The van der Waals surface area contributed by atoms with Crippen LogP contribution in [0, 0.1) is 0 Å². The van der Waals surface area contributed by atoms with E-state index < -0.39 is 17.8 Å². The van der Waals surface area contributed by atoms with Crippen LogP contribution >= 0.6 is 0 Å². The number of hydrogen-bond acceptors (Lipinski definition) is 5. The molecule has 0 aliphatic heterocycles. The molecule has 28 heavy (non-hydrogen) atoms. The minimum absolute atomic E-state index is 0.122. The maximum Gasteiger partial charge on any atom is 0.255 e. The van der Waals surface area contributed by atoms with Gasteiger partial charge in [-0.1, -0.05) is 24.3 Å². The highest BCUT2D eigenvalue weighted by Gasteiger charge is 2.10. The van der Waals surface area contributed by atoms with Crippen LogP contribution in [0.4, 0.5) is 11.4 Å². The third-order valence-corrected chi connectivity index (χ3v) is 3.73. The monoisotopic (exact) mass is 375 g/mol. The molecule has 0 radical (unpaired) electrons. The zero-order valence-electron chi connectivity index (χ0n) is 14.5. The molecule has 0 unspecified atom stereocenters. The summed E-state index contributed by atoms with van der Waals surface area (Å²) in [7, 11) is 0. The molecular weight excluding hydrogens is 360 g/mol. The van der Waals surface area contributed by atoms with Crippen molar-refractivity contribution in [1.29, 1.82) is 0 Å². The Morgan fingerprint density at radius 2 is 1.75 bits per heavy atom. The van der Waals surface area contributed by atoms with Crippen molar-refractivity contribution in [2.75, 3.05) is 10.6 Å². The van der Waals surface area contributed by atoms with E-state index in [2.05, 4.69) is 10.6 Å². The van der Waals surface area contributed by atoms with Gasteiger partial charge in [0, 0.05) is 22.9 Å². The number of benzene rings is 2. The third kappa shape index (κ3) is 4.73. The standard InChI is InChI=1S/C21H16N2O5/c24-19(11-10-16-7-4-12-28-16)22-15-6-3-5-14(13-15)20(25)23-18-9-2-1-8-17(18)21(26)27/h1-13H,(H,22,24)(H,23,25)(H,26,27)/p-1/b11-10+. The van der Waals surface area contributed by atoms with Gasteiger partial charge in [0.15, 0.2) is 0 Å². The highest BCUT2D eigenvalue weighted by molar-refractivity contribution is 6.08. The second kappa shape index (κ2) is 8.50. The smallest absolute Gasteiger partial charge is 0.255 e. The molecule has 7 nitrogen and oxygen atoms in total. The number of carboxylic acid groups (broad SMARTS) is 1. The Hall–Kier alpha value is -4.13. The van der Waals surface area contributed by atoms with Crippen molar-refractivity contribution in [3.05, 3.63) is 89.9 Å². The first-order valence-electron chi connectivity index (χ1n) is 8.27. The van der Waals surface area contributed by atoms with Crippen LogP contribution in [0.25, 0.3) is 6.08 Å². The van der Waals surface area contributed by atoms with Crippen LogP contribution in [-0.2, 0) is 4.79 Å². The molecule has 3 aromatic rings. The average Bonchev–Trinajstić information content (AvgIpc) is 3.20. The average molecular weight is 375 g/mol. The Morgan fingerprint density at radius 1 is 0.929 bits per heavy atom. The molecule has 0 aliphatic rings. The van der Waals surface area contributed by atoms with Crippen LogP contribution in [0.5, 0.6) is 0 Å². The van der Waals surface area contributed by atoms with Gasteiger partial charge >= 0.3 is 0 Å². The molecule has 1 aromatic heterocycles. The number of carbonyl (C=O) groups is 3. The van der Waals surface area contributed by atoms with E-state index in [1.165, 1.54) is 42.7 Å². The van der Waals surface area contributed by atoms with E-state index in [4.69, 9.17) is 4.42 Å². The molecule has 0 spiro atoms. The summed E-state index contributed by atoms with van der Waals surface area (Å²) in [5.41, 5.74) is 0.669. The van der Waals surface area contributed by atoms with Crippen molar-refractivity contribution >= 4 is 35.2 Å². The van der Waals surface area contributed by atoms with Crippen LogP contribution < -0.4 is 15.7 Å². The van der Waals surface area contributed by atoms with Crippen LogP contribution in [0.2, 0.25) is 0 Å². The van der Waals surface area contributed by atoms with E-state index in [0.717, 1.165) is 0 Å². The number of anilines is 2. The lowest BCUT2D eigenvalue weighted by Crippen LogP contribution is -2.24. The SMILES string of the molecule is O=C(/C=C/c1ccco1)Nc1cccc(C(=O)Nc2ccccc2C(=O)[O-])c1. The van der Waals surface area contributed by atoms with E-state index in [9.17, 15) is 19.5 Å². The Labute approximate surface area is 160 Å². The summed E-state index contributed by atoms with van der Waals surface area (Å²) in [4.78, 5) is 35.6. The number of para-hydroxylation sites is 1. The largest absolute Gasteiger partial charge is 0.545 e. The number of carboxylic acids is 1. The Bertz CT molecular complexity index is 1040. The number of nitrogens with one attached hydrogen (secondary N) is 2.